The fourth-order valence-corrected chi connectivity index (χ4v) is 2.46. The maximum absolute atomic E-state index is 12.3. The molecule has 3 rings (SSSR count). The van der Waals surface area contributed by atoms with Crippen molar-refractivity contribution >= 4 is 5.78 Å². The third-order valence-electron chi connectivity index (χ3n) is 3.50. The highest BCUT2D eigenvalue weighted by Gasteiger charge is 2.33. The summed E-state index contributed by atoms with van der Waals surface area (Å²) in [5.74, 6) is -0.777. The van der Waals surface area contributed by atoms with E-state index in [1.165, 1.54) is 13.2 Å². The van der Waals surface area contributed by atoms with Crippen LogP contribution in [0.5, 0.6) is 23.0 Å². The van der Waals surface area contributed by atoms with Gasteiger partial charge in [-0.15, -0.1) is 0 Å². The number of rotatable bonds is 2. The van der Waals surface area contributed by atoms with Gasteiger partial charge in [0.05, 0.1) is 13.5 Å². The molecule has 0 amide bonds. The second kappa shape index (κ2) is 5.01. The van der Waals surface area contributed by atoms with Gasteiger partial charge in [0.15, 0.2) is 17.3 Å². The first kappa shape index (κ1) is 13.3. The number of hydrogen-bond acceptors (Lipinski definition) is 5. The van der Waals surface area contributed by atoms with E-state index in [-0.39, 0.29) is 40.8 Å². The Morgan fingerprint density at radius 2 is 1.95 bits per heavy atom. The van der Waals surface area contributed by atoms with E-state index in [0.717, 1.165) is 5.56 Å². The summed E-state index contributed by atoms with van der Waals surface area (Å²) in [6.45, 7) is 0. The number of methoxy groups -OCH3 is 1. The number of ether oxygens (including phenoxy) is 2. The third kappa shape index (κ3) is 2.16. The maximum atomic E-state index is 12.3. The summed E-state index contributed by atoms with van der Waals surface area (Å²) in [6.07, 6.45) is -0.389. The van der Waals surface area contributed by atoms with Crippen molar-refractivity contribution in [1.29, 1.82) is 0 Å². The van der Waals surface area contributed by atoms with E-state index in [4.69, 9.17) is 9.47 Å². The topological polar surface area (TPSA) is 76.0 Å². The molecule has 0 bridgehead atoms. The molecule has 2 N–H and O–H groups in total. The molecule has 2 aromatic rings. The Morgan fingerprint density at radius 3 is 2.62 bits per heavy atom. The Labute approximate surface area is 121 Å². The van der Waals surface area contributed by atoms with E-state index >= 15 is 0 Å². The Kier molecular flexibility index (Phi) is 3.17. The third-order valence-corrected chi connectivity index (χ3v) is 3.50. The minimum absolute atomic E-state index is 0.000445. The molecule has 5 nitrogen and oxygen atoms in total. The summed E-state index contributed by atoms with van der Waals surface area (Å²) in [7, 11) is 1.36. The minimum atomic E-state index is -0.497. The van der Waals surface area contributed by atoms with Crippen molar-refractivity contribution in [2.75, 3.05) is 7.11 Å². The lowest BCUT2D eigenvalue weighted by Crippen LogP contribution is -2.20. The lowest BCUT2D eigenvalue weighted by molar-refractivity contribution is 0.0836. The highest BCUT2D eigenvalue weighted by atomic mass is 16.5. The van der Waals surface area contributed by atoms with Gasteiger partial charge in [-0.1, -0.05) is 30.3 Å². The molecule has 1 aliphatic heterocycles. The van der Waals surface area contributed by atoms with Crippen molar-refractivity contribution in [3.63, 3.8) is 0 Å². The maximum Gasteiger partial charge on any atom is 0.201 e. The molecule has 0 radical (unpaired) electrons. The SMILES string of the molecule is COc1cc(O)c2c(c1O)O[C@H](c1ccccc1)CC2=O. The van der Waals surface area contributed by atoms with E-state index in [9.17, 15) is 15.0 Å². The largest absolute Gasteiger partial charge is 0.507 e. The van der Waals surface area contributed by atoms with Crippen LogP contribution in [0.25, 0.3) is 0 Å². The van der Waals surface area contributed by atoms with Crippen molar-refractivity contribution in [2.45, 2.75) is 12.5 Å². The number of carbonyl (C=O) groups excluding carboxylic acids is 1. The lowest BCUT2D eigenvalue weighted by atomic mass is 9.95. The van der Waals surface area contributed by atoms with Crippen LogP contribution in [0.3, 0.4) is 0 Å². The van der Waals surface area contributed by atoms with Gasteiger partial charge >= 0.3 is 0 Å². The van der Waals surface area contributed by atoms with Gasteiger partial charge in [-0.25, -0.2) is 0 Å². The molecule has 108 valence electrons. The van der Waals surface area contributed by atoms with Gasteiger partial charge in [0.25, 0.3) is 0 Å². The monoisotopic (exact) mass is 286 g/mol. The summed E-state index contributed by atoms with van der Waals surface area (Å²) in [5.41, 5.74) is 0.832. The molecule has 0 aliphatic carbocycles. The normalized spacial score (nSPS) is 17.0. The highest BCUT2D eigenvalue weighted by molar-refractivity contribution is 6.03. The van der Waals surface area contributed by atoms with Gasteiger partial charge in [0.2, 0.25) is 5.75 Å². The summed E-state index contributed by atoms with van der Waals surface area (Å²) in [4.78, 5) is 12.3. The first-order chi connectivity index (χ1) is 10.1. The van der Waals surface area contributed by atoms with Crippen LogP contribution in [-0.2, 0) is 0 Å². The molecule has 0 unspecified atom stereocenters. The second-order valence-electron chi connectivity index (χ2n) is 4.80. The van der Waals surface area contributed by atoms with Crippen LogP contribution < -0.4 is 9.47 Å². The molecule has 1 heterocycles. The van der Waals surface area contributed by atoms with Gasteiger partial charge in [0.1, 0.15) is 17.4 Å². The Hall–Kier alpha value is -2.69. The molecule has 1 aliphatic rings. The van der Waals surface area contributed by atoms with Crippen molar-refractivity contribution in [3.05, 3.63) is 47.5 Å². The second-order valence-corrected chi connectivity index (χ2v) is 4.80. The highest BCUT2D eigenvalue weighted by Crippen LogP contribution is 2.49. The fourth-order valence-electron chi connectivity index (χ4n) is 2.46. The van der Waals surface area contributed by atoms with E-state index in [1.807, 2.05) is 30.3 Å². The van der Waals surface area contributed by atoms with E-state index in [2.05, 4.69) is 0 Å². The van der Waals surface area contributed by atoms with Crippen LogP contribution in [-0.4, -0.2) is 23.1 Å². The van der Waals surface area contributed by atoms with Crippen LogP contribution in [0.15, 0.2) is 36.4 Å². The number of Topliss-reactive ketones (excluding diaryl/α,β-unsaturated/α-hetero) is 1. The molecular formula is C16H14O5. The first-order valence-electron chi connectivity index (χ1n) is 6.49. The van der Waals surface area contributed by atoms with E-state index < -0.39 is 6.10 Å². The molecule has 2 aromatic carbocycles. The van der Waals surface area contributed by atoms with Crippen molar-refractivity contribution in [3.8, 4) is 23.0 Å². The Morgan fingerprint density at radius 1 is 1.24 bits per heavy atom. The minimum Gasteiger partial charge on any atom is -0.507 e. The summed E-state index contributed by atoms with van der Waals surface area (Å²) in [6, 6.07) is 10.5. The molecule has 0 aromatic heterocycles. The Bertz CT molecular complexity index is 694. The van der Waals surface area contributed by atoms with Gasteiger partial charge < -0.3 is 19.7 Å². The molecule has 5 heteroatoms. The molecule has 0 spiro atoms. The molecule has 1 atom stereocenters. The van der Waals surface area contributed by atoms with Crippen LogP contribution in [0.4, 0.5) is 0 Å². The van der Waals surface area contributed by atoms with Gasteiger partial charge in [-0.2, -0.15) is 0 Å². The van der Waals surface area contributed by atoms with E-state index in [0.29, 0.717) is 0 Å². The number of phenols is 2. The lowest BCUT2D eigenvalue weighted by Gasteiger charge is -2.27. The number of ketones is 1. The van der Waals surface area contributed by atoms with Gasteiger partial charge in [0, 0.05) is 6.07 Å². The molecule has 0 saturated heterocycles. The quantitative estimate of drug-likeness (QED) is 0.830. The number of aromatic hydroxyl groups is 2. The van der Waals surface area contributed by atoms with Crippen LogP contribution >= 0.6 is 0 Å². The predicted octanol–water partition coefficient (Wildman–Crippen LogP) is 2.81. The average Bonchev–Trinajstić information content (AvgIpc) is 2.51. The first-order valence-corrected chi connectivity index (χ1v) is 6.49. The Balaban J connectivity index is 2.09. The molecule has 21 heavy (non-hydrogen) atoms. The molecular weight excluding hydrogens is 272 g/mol. The van der Waals surface area contributed by atoms with Crippen LogP contribution in [0.2, 0.25) is 0 Å². The summed E-state index contributed by atoms with van der Waals surface area (Å²) in [5, 5.41) is 20.1. The molecule has 0 fully saturated rings. The zero-order chi connectivity index (χ0) is 15.0. The summed E-state index contributed by atoms with van der Waals surface area (Å²) >= 11 is 0. The van der Waals surface area contributed by atoms with E-state index in [1.54, 1.807) is 0 Å². The zero-order valence-electron chi connectivity index (χ0n) is 11.4. The number of hydrogen-bond donors (Lipinski definition) is 2. The number of benzene rings is 2. The number of carbonyl (C=O) groups is 1. The zero-order valence-corrected chi connectivity index (χ0v) is 11.4. The smallest absolute Gasteiger partial charge is 0.201 e. The van der Waals surface area contributed by atoms with Crippen molar-refractivity contribution < 1.29 is 24.5 Å². The van der Waals surface area contributed by atoms with Crippen molar-refractivity contribution in [2.24, 2.45) is 0 Å². The van der Waals surface area contributed by atoms with Crippen LogP contribution in [0.1, 0.15) is 28.4 Å². The predicted molar refractivity (Wildman–Crippen MR) is 75.1 cm³/mol. The summed E-state index contributed by atoms with van der Waals surface area (Å²) < 4.78 is 10.7. The van der Waals surface area contributed by atoms with Crippen LogP contribution in [0, 0.1) is 0 Å². The number of phenolic OH excluding ortho intramolecular Hbond substituents is 2. The number of fused-ring (bicyclic) bond motifs is 1. The molecule has 0 saturated carbocycles. The standard InChI is InChI=1S/C16H14O5/c1-20-13-8-11(18)14-10(17)7-12(21-16(14)15(13)19)9-5-3-2-4-6-9/h2-6,8,12,18-19H,7H2,1H3/t12-/m0/s1. The van der Waals surface area contributed by atoms with Crippen molar-refractivity contribution in [1.82, 2.24) is 0 Å². The van der Waals surface area contributed by atoms with Gasteiger partial charge in [-0.05, 0) is 5.56 Å². The van der Waals surface area contributed by atoms with Gasteiger partial charge in [-0.3, -0.25) is 4.79 Å². The fraction of sp³-hybridized carbons (Fsp3) is 0.188. The average molecular weight is 286 g/mol.